The molecule has 154 valence electrons. The van der Waals surface area contributed by atoms with Crippen LogP contribution >= 0.6 is 0 Å². The molecular weight excluding hydrogens is 364 g/mol. The first-order valence-corrected chi connectivity index (χ1v) is 10.5. The van der Waals surface area contributed by atoms with Crippen molar-refractivity contribution in [1.29, 1.82) is 0 Å². The molecule has 1 aromatic carbocycles. The van der Waals surface area contributed by atoms with E-state index in [4.69, 9.17) is 9.15 Å². The Hall–Kier alpha value is -2.56. The van der Waals surface area contributed by atoms with Gasteiger partial charge in [0, 0.05) is 18.7 Å². The number of likely N-dealkylation sites (tertiary alicyclic amines) is 1. The minimum absolute atomic E-state index is 0.212. The quantitative estimate of drug-likeness (QED) is 0.621. The van der Waals surface area contributed by atoms with Crippen LogP contribution in [-0.2, 0) is 4.74 Å². The van der Waals surface area contributed by atoms with Gasteiger partial charge in [0.25, 0.3) is 0 Å². The van der Waals surface area contributed by atoms with Crippen LogP contribution in [0.3, 0.4) is 0 Å². The average molecular weight is 395 g/mol. The van der Waals surface area contributed by atoms with Gasteiger partial charge in [-0.25, -0.2) is 9.78 Å². The molecule has 2 aliphatic rings. The molecule has 29 heavy (non-hydrogen) atoms. The summed E-state index contributed by atoms with van der Waals surface area (Å²) in [5.74, 6) is 1.16. The molecule has 0 N–H and O–H groups in total. The van der Waals surface area contributed by atoms with Crippen LogP contribution in [0.5, 0.6) is 0 Å². The molecule has 0 bridgehead atoms. The van der Waals surface area contributed by atoms with Crippen LogP contribution in [0.25, 0.3) is 16.7 Å². The van der Waals surface area contributed by atoms with E-state index in [1.54, 1.807) is 0 Å². The van der Waals surface area contributed by atoms with Crippen molar-refractivity contribution in [3.63, 3.8) is 0 Å². The number of fused-ring (bicyclic) bond motifs is 1. The van der Waals surface area contributed by atoms with Crippen LogP contribution in [0.2, 0.25) is 0 Å². The standard InChI is InChI=1S/C24H30N2O3/c1-16-5-7-18(8-6-16)22-25-20-10-9-19(15-21(20)28-22)17-11-13-26(14-12-17)23(27)29-24(2,3)4/h5,7,9-10,15,17H,6,8,11-14H2,1-4H3. The first-order chi connectivity index (χ1) is 13.8. The summed E-state index contributed by atoms with van der Waals surface area (Å²) in [6, 6.07) is 6.34. The molecule has 0 radical (unpaired) electrons. The van der Waals surface area contributed by atoms with Gasteiger partial charge in [-0.1, -0.05) is 23.8 Å². The lowest BCUT2D eigenvalue weighted by Crippen LogP contribution is -2.41. The van der Waals surface area contributed by atoms with Crippen molar-refractivity contribution in [3.05, 3.63) is 47.4 Å². The molecule has 0 spiro atoms. The fourth-order valence-electron chi connectivity index (χ4n) is 3.97. The molecule has 1 aliphatic carbocycles. The normalized spacial score (nSPS) is 18.6. The number of ether oxygens (including phenoxy) is 1. The number of carbonyl (C=O) groups excluding carboxylic acids is 1. The van der Waals surface area contributed by atoms with Crippen molar-refractivity contribution < 1.29 is 13.9 Å². The third-order valence-corrected chi connectivity index (χ3v) is 5.66. The van der Waals surface area contributed by atoms with Gasteiger partial charge in [0.15, 0.2) is 5.58 Å². The van der Waals surface area contributed by atoms with E-state index in [-0.39, 0.29) is 6.09 Å². The lowest BCUT2D eigenvalue weighted by Gasteiger charge is -2.33. The van der Waals surface area contributed by atoms with Crippen LogP contribution in [0.4, 0.5) is 4.79 Å². The van der Waals surface area contributed by atoms with Gasteiger partial charge in [-0.15, -0.1) is 0 Å². The van der Waals surface area contributed by atoms with E-state index in [0.29, 0.717) is 5.92 Å². The second kappa shape index (κ2) is 7.69. The highest BCUT2D eigenvalue weighted by Gasteiger charge is 2.27. The van der Waals surface area contributed by atoms with Gasteiger partial charge in [0.1, 0.15) is 11.1 Å². The number of hydrogen-bond donors (Lipinski definition) is 0. The lowest BCUT2D eigenvalue weighted by atomic mass is 9.89. The highest BCUT2D eigenvalue weighted by atomic mass is 16.6. The van der Waals surface area contributed by atoms with Crippen LogP contribution in [0.1, 0.15) is 70.8 Å². The van der Waals surface area contributed by atoms with E-state index in [2.05, 4.69) is 42.3 Å². The summed E-state index contributed by atoms with van der Waals surface area (Å²) in [5.41, 5.74) is 5.12. The van der Waals surface area contributed by atoms with Crippen molar-refractivity contribution >= 4 is 22.8 Å². The van der Waals surface area contributed by atoms with Crippen LogP contribution < -0.4 is 0 Å². The van der Waals surface area contributed by atoms with E-state index in [1.165, 1.54) is 16.7 Å². The predicted molar refractivity (Wildman–Crippen MR) is 115 cm³/mol. The summed E-state index contributed by atoms with van der Waals surface area (Å²) in [6.45, 7) is 9.30. The Morgan fingerprint density at radius 2 is 1.93 bits per heavy atom. The Balaban J connectivity index is 1.45. The van der Waals surface area contributed by atoms with Crippen molar-refractivity contribution in [1.82, 2.24) is 9.88 Å². The number of hydrogen-bond acceptors (Lipinski definition) is 4. The highest BCUT2D eigenvalue weighted by molar-refractivity contribution is 5.77. The van der Waals surface area contributed by atoms with Crippen LogP contribution in [-0.4, -0.2) is 34.7 Å². The number of nitrogens with zero attached hydrogens (tertiary/aromatic N) is 2. The average Bonchev–Trinajstić information content (AvgIpc) is 3.10. The molecule has 0 atom stereocenters. The number of aromatic nitrogens is 1. The highest BCUT2D eigenvalue weighted by Crippen LogP contribution is 2.33. The maximum absolute atomic E-state index is 12.3. The van der Waals surface area contributed by atoms with E-state index in [0.717, 1.165) is 55.8 Å². The molecule has 5 heteroatoms. The van der Waals surface area contributed by atoms with E-state index >= 15 is 0 Å². The molecule has 2 aromatic rings. The third kappa shape index (κ3) is 4.55. The topological polar surface area (TPSA) is 55.6 Å². The van der Waals surface area contributed by atoms with Crippen LogP contribution in [0, 0.1) is 0 Å². The van der Waals surface area contributed by atoms with Gasteiger partial charge in [-0.05, 0) is 77.0 Å². The van der Waals surface area contributed by atoms with Gasteiger partial charge in [0.2, 0.25) is 5.89 Å². The number of piperidine rings is 1. The number of oxazole rings is 1. The van der Waals surface area contributed by atoms with Crippen molar-refractivity contribution in [2.45, 2.75) is 64.9 Å². The van der Waals surface area contributed by atoms with E-state index in [9.17, 15) is 4.79 Å². The Kier molecular flexibility index (Phi) is 5.24. The SMILES string of the molecule is CC1=CC=C(c2nc3ccc(C4CCN(C(=O)OC(C)(C)C)CC4)cc3o2)CC1. The second-order valence-corrected chi connectivity index (χ2v) is 9.19. The summed E-state index contributed by atoms with van der Waals surface area (Å²) < 4.78 is 11.6. The van der Waals surface area contributed by atoms with E-state index < -0.39 is 5.60 Å². The lowest BCUT2D eigenvalue weighted by molar-refractivity contribution is 0.0205. The minimum Gasteiger partial charge on any atom is -0.444 e. The first-order valence-electron chi connectivity index (χ1n) is 10.5. The van der Waals surface area contributed by atoms with Gasteiger partial charge >= 0.3 is 6.09 Å². The van der Waals surface area contributed by atoms with E-state index in [1.807, 2.05) is 25.7 Å². The second-order valence-electron chi connectivity index (χ2n) is 9.19. The Bertz CT molecular complexity index is 970. The third-order valence-electron chi connectivity index (χ3n) is 5.66. The zero-order valence-corrected chi connectivity index (χ0v) is 17.8. The van der Waals surface area contributed by atoms with Crippen LogP contribution in [0.15, 0.2) is 40.3 Å². The summed E-state index contributed by atoms with van der Waals surface area (Å²) in [6.07, 6.45) is 7.96. The Morgan fingerprint density at radius 1 is 1.17 bits per heavy atom. The number of carbonyl (C=O) groups is 1. The summed E-state index contributed by atoms with van der Waals surface area (Å²) in [4.78, 5) is 18.8. The molecule has 0 unspecified atom stereocenters. The monoisotopic (exact) mass is 394 g/mol. The van der Waals surface area contributed by atoms with Gasteiger partial charge in [-0.2, -0.15) is 0 Å². The molecular formula is C24H30N2O3. The molecule has 1 aromatic heterocycles. The maximum Gasteiger partial charge on any atom is 0.410 e. The van der Waals surface area contributed by atoms with Crippen molar-refractivity contribution in [2.75, 3.05) is 13.1 Å². The number of amides is 1. The fraction of sp³-hybridized carbons (Fsp3) is 0.500. The summed E-state index contributed by atoms with van der Waals surface area (Å²) >= 11 is 0. The number of benzene rings is 1. The Labute approximate surface area is 172 Å². The molecule has 0 saturated carbocycles. The smallest absolute Gasteiger partial charge is 0.410 e. The summed E-state index contributed by atoms with van der Waals surface area (Å²) in [5, 5.41) is 0. The number of allylic oxidation sites excluding steroid dienone is 4. The molecule has 1 saturated heterocycles. The van der Waals surface area contributed by atoms with Crippen molar-refractivity contribution in [3.8, 4) is 0 Å². The van der Waals surface area contributed by atoms with Gasteiger partial charge < -0.3 is 14.1 Å². The zero-order valence-electron chi connectivity index (χ0n) is 17.8. The van der Waals surface area contributed by atoms with Gasteiger partial charge in [0.05, 0.1) is 0 Å². The maximum atomic E-state index is 12.3. The van der Waals surface area contributed by atoms with Crippen molar-refractivity contribution in [2.24, 2.45) is 0 Å². The van der Waals surface area contributed by atoms with Gasteiger partial charge in [-0.3, -0.25) is 0 Å². The number of rotatable bonds is 2. The molecule has 2 heterocycles. The molecule has 1 amide bonds. The fourth-order valence-corrected chi connectivity index (χ4v) is 3.97. The largest absolute Gasteiger partial charge is 0.444 e. The molecule has 1 aliphatic heterocycles. The summed E-state index contributed by atoms with van der Waals surface area (Å²) in [7, 11) is 0. The predicted octanol–water partition coefficient (Wildman–Crippen LogP) is 6.07. The minimum atomic E-state index is -0.453. The Morgan fingerprint density at radius 3 is 2.59 bits per heavy atom. The zero-order chi connectivity index (χ0) is 20.6. The first kappa shape index (κ1) is 19.7. The molecule has 1 fully saturated rings. The molecule has 4 rings (SSSR count). The molecule has 5 nitrogen and oxygen atoms in total.